The van der Waals surface area contributed by atoms with Gasteiger partial charge in [0.2, 0.25) is 5.78 Å². The van der Waals surface area contributed by atoms with Crippen LogP contribution < -0.4 is 0 Å². The number of ether oxygens (including phenoxy) is 2. The van der Waals surface area contributed by atoms with Crippen molar-refractivity contribution in [1.29, 1.82) is 0 Å². The van der Waals surface area contributed by atoms with Gasteiger partial charge in [-0.2, -0.15) is 0 Å². The van der Waals surface area contributed by atoms with Gasteiger partial charge in [-0.25, -0.2) is 13.2 Å². The van der Waals surface area contributed by atoms with E-state index < -0.39 is 39.4 Å². The second-order valence-corrected chi connectivity index (χ2v) is 9.10. The van der Waals surface area contributed by atoms with Crippen molar-refractivity contribution < 1.29 is 32.3 Å². The molecule has 1 atom stereocenters. The van der Waals surface area contributed by atoms with E-state index in [1.165, 1.54) is 26.2 Å². The van der Waals surface area contributed by atoms with Crippen molar-refractivity contribution >= 4 is 27.6 Å². The van der Waals surface area contributed by atoms with Crippen molar-refractivity contribution in [3.63, 3.8) is 0 Å². The first-order valence-electron chi connectivity index (χ1n) is 9.28. The van der Waals surface area contributed by atoms with Gasteiger partial charge in [-0.3, -0.25) is 9.59 Å². The fourth-order valence-corrected chi connectivity index (χ4v) is 4.22. The number of rotatable bonds is 8. The lowest BCUT2D eigenvalue weighted by atomic mass is 10.1. The first-order valence-corrected chi connectivity index (χ1v) is 10.9. The molecule has 8 nitrogen and oxygen atoms in total. The van der Waals surface area contributed by atoms with Gasteiger partial charge in [-0.05, 0) is 45.4 Å². The first kappa shape index (κ1) is 23.3. The zero-order chi connectivity index (χ0) is 22.6. The minimum atomic E-state index is -3.65. The van der Waals surface area contributed by atoms with Crippen LogP contribution >= 0.6 is 0 Å². The number of methoxy groups -OCH3 is 1. The predicted octanol–water partition coefficient (Wildman–Crippen LogP) is 2.70. The molecule has 1 N–H and O–H groups in total. The van der Waals surface area contributed by atoms with Crippen molar-refractivity contribution in [1.82, 2.24) is 4.98 Å². The van der Waals surface area contributed by atoms with Gasteiger partial charge in [0.15, 0.2) is 15.9 Å². The molecule has 0 amide bonds. The fourth-order valence-electron chi connectivity index (χ4n) is 3.00. The van der Waals surface area contributed by atoms with Gasteiger partial charge in [0.1, 0.15) is 0 Å². The highest BCUT2D eigenvalue weighted by atomic mass is 32.2. The summed E-state index contributed by atoms with van der Waals surface area (Å²) < 4.78 is 34.5. The van der Waals surface area contributed by atoms with E-state index in [0.29, 0.717) is 11.3 Å². The largest absolute Gasteiger partial charge is 0.465 e. The van der Waals surface area contributed by atoms with E-state index in [0.717, 1.165) is 5.56 Å². The van der Waals surface area contributed by atoms with Crippen LogP contribution in [0.15, 0.2) is 29.2 Å². The van der Waals surface area contributed by atoms with Crippen LogP contribution in [0.3, 0.4) is 0 Å². The number of H-pyrrole nitrogens is 1. The average Bonchev–Trinajstić information content (AvgIpc) is 2.99. The average molecular weight is 435 g/mol. The molecule has 0 aliphatic carbocycles. The molecule has 0 radical (unpaired) electrons. The number of carbonyl (C=O) groups excluding carboxylic acids is 3. The standard InChI is InChI=1S/C21H25NO7S/c1-12-6-8-16(9-7-12)30(26,27)11-10-17(23)29-15(4)20(24)19-13(2)18(14(3)22-19)21(25)28-5/h6-9,15,22H,10-11H2,1-5H3. The predicted molar refractivity (Wildman–Crippen MR) is 109 cm³/mol. The highest BCUT2D eigenvalue weighted by molar-refractivity contribution is 7.91. The molecule has 0 saturated carbocycles. The Bertz CT molecular complexity index is 1070. The molecule has 0 saturated heterocycles. The Morgan fingerprint density at radius 3 is 2.23 bits per heavy atom. The molecule has 2 rings (SSSR count). The van der Waals surface area contributed by atoms with Gasteiger partial charge >= 0.3 is 11.9 Å². The molecule has 0 bridgehead atoms. The SMILES string of the molecule is COC(=O)c1c(C)[nH]c(C(=O)C(C)OC(=O)CCS(=O)(=O)c2ccc(C)cc2)c1C. The highest BCUT2D eigenvalue weighted by Gasteiger charge is 2.27. The molecular formula is C21H25NO7S. The van der Waals surface area contributed by atoms with E-state index in [4.69, 9.17) is 9.47 Å². The molecule has 0 aliphatic heterocycles. The molecule has 30 heavy (non-hydrogen) atoms. The molecule has 2 aromatic rings. The van der Waals surface area contributed by atoms with Gasteiger partial charge in [-0.1, -0.05) is 17.7 Å². The van der Waals surface area contributed by atoms with E-state index in [-0.39, 0.29) is 22.6 Å². The number of ketones is 1. The van der Waals surface area contributed by atoms with Crippen LogP contribution in [-0.2, 0) is 24.1 Å². The number of Topliss-reactive ketones (excluding diaryl/α,β-unsaturated/α-hetero) is 1. The monoisotopic (exact) mass is 435 g/mol. The quantitative estimate of drug-likeness (QED) is 0.500. The Labute approximate surface area is 175 Å². The number of esters is 2. The van der Waals surface area contributed by atoms with Gasteiger partial charge in [0.25, 0.3) is 0 Å². The molecular weight excluding hydrogens is 410 g/mol. The summed E-state index contributed by atoms with van der Waals surface area (Å²) in [6.07, 6.45) is -1.54. The van der Waals surface area contributed by atoms with Crippen LogP contribution in [0.4, 0.5) is 0 Å². The highest BCUT2D eigenvalue weighted by Crippen LogP contribution is 2.21. The molecule has 162 valence electrons. The first-order chi connectivity index (χ1) is 14.0. The summed E-state index contributed by atoms with van der Waals surface area (Å²) in [5, 5.41) is 0. The summed E-state index contributed by atoms with van der Waals surface area (Å²) >= 11 is 0. The Kier molecular flexibility index (Phi) is 7.20. The van der Waals surface area contributed by atoms with Gasteiger partial charge in [-0.15, -0.1) is 0 Å². The fraction of sp³-hybridized carbons (Fsp3) is 0.381. The van der Waals surface area contributed by atoms with Crippen molar-refractivity contribution in [2.45, 2.75) is 45.1 Å². The van der Waals surface area contributed by atoms with Crippen LogP contribution in [0.1, 0.15) is 51.0 Å². The second kappa shape index (κ2) is 9.25. The van der Waals surface area contributed by atoms with Crippen LogP contribution in [0.25, 0.3) is 0 Å². The Hall–Kier alpha value is -2.94. The summed E-state index contributed by atoms with van der Waals surface area (Å²) in [5.41, 5.74) is 2.18. The molecule has 1 aromatic heterocycles. The topological polar surface area (TPSA) is 120 Å². The summed E-state index contributed by atoms with van der Waals surface area (Å²) in [5.74, 6) is -2.34. The third-order valence-electron chi connectivity index (χ3n) is 4.71. The molecule has 0 aliphatic rings. The van der Waals surface area contributed by atoms with E-state index in [1.807, 2.05) is 6.92 Å². The van der Waals surface area contributed by atoms with Crippen LogP contribution in [0, 0.1) is 20.8 Å². The third kappa shape index (κ3) is 5.15. The van der Waals surface area contributed by atoms with Crippen LogP contribution in [-0.4, -0.2) is 50.1 Å². The van der Waals surface area contributed by atoms with E-state index in [2.05, 4.69) is 4.98 Å². The summed E-state index contributed by atoms with van der Waals surface area (Å²) in [4.78, 5) is 39.6. The number of aromatic amines is 1. The Balaban J connectivity index is 2.03. The minimum absolute atomic E-state index is 0.123. The van der Waals surface area contributed by atoms with Crippen molar-refractivity contribution in [3.8, 4) is 0 Å². The summed E-state index contributed by atoms with van der Waals surface area (Å²) in [6.45, 7) is 6.45. The van der Waals surface area contributed by atoms with Gasteiger partial charge in [0.05, 0.1) is 35.4 Å². The number of hydrogen-bond acceptors (Lipinski definition) is 7. The normalized spacial score (nSPS) is 12.3. The maximum absolute atomic E-state index is 12.7. The van der Waals surface area contributed by atoms with E-state index in [9.17, 15) is 22.8 Å². The smallest absolute Gasteiger partial charge is 0.339 e. The number of aromatic nitrogens is 1. The third-order valence-corrected chi connectivity index (χ3v) is 6.44. The van der Waals surface area contributed by atoms with Crippen molar-refractivity contribution in [2.24, 2.45) is 0 Å². The number of sulfone groups is 1. The Morgan fingerprint density at radius 2 is 1.67 bits per heavy atom. The number of aryl methyl sites for hydroxylation is 2. The summed E-state index contributed by atoms with van der Waals surface area (Å²) in [7, 11) is -2.40. The summed E-state index contributed by atoms with van der Waals surface area (Å²) in [6, 6.07) is 6.32. The molecule has 0 spiro atoms. The van der Waals surface area contributed by atoms with E-state index >= 15 is 0 Å². The van der Waals surface area contributed by atoms with E-state index in [1.54, 1.807) is 26.0 Å². The molecule has 1 aromatic carbocycles. The van der Waals surface area contributed by atoms with Gasteiger partial charge in [0, 0.05) is 5.69 Å². The molecule has 1 heterocycles. The lowest BCUT2D eigenvalue weighted by molar-refractivity contribution is -0.145. The number of nitrogens with one attached hydrogen (secondary N) is 1. The molecule has 1 unspecified atom stereocenters. The molecule has 9 heteroatoms. The number of benzene rings is 1. The number of carbonyl (C=O) groups is 3. The number of hydrogen-bond donors (Lipinski definition) is 1. The maximum atomic E-state index is 12.7. The Morgan fingerprint density at radius 1 is 1.07 bits per heavy atom. The van der Waals surface area contributed by atoms with Crippen molar-refractivity contribution in [2.75, 3.05) is 12.9 Å². The van der Waals surface area contributed by atoms with Crippen LogP contribution in [0.2, 0.25) is 0 Å². The lowest BCUT2D eigenvalue weighted by Gasteiger charge is -2.12. The van der Waals surface area contributed by atoms with Crippen LogP contribution in [0.5, 0.6) is 0 Å². The molecule has 0 fully saturated rings. The maximum Gasteiger partial charge on any atom is 0.339 e. The van der Waals surface area contributed by atoms with Crippen molar-refractivity contribution in [3.05, 3.63) is 52.3 Å². The minimum Gasteiger partial charge on any atom is -0.465 e. The zero-order valence-electron chi connectivity index (χ0n) is 17.6. The van der Waals surface area contributed by atoms with Gasteiger partial charge < -0.3 is 14.5 Å². The zero-order valence-corrected chi connectivity index (χ0v) is 18.4. The second-order valence-electron chi connectivity index (χ2n) is 6.99. The lowest BCUT2D eigenvalue weighted by Crippen LogP contribution is -2.26.